The number of carbonyl (C=O) groups is 1. The van der Waals surface area contributed by atoms with Crippen LogP contribution in [0.3, 0.4) is 0 Å². The molecule has 1 amide bonds. The van der Waals surface area contributed by atoms with Crippen LogP contribution in [0.15, 0.2) is 18.2 Å². The van der Waals surface area contributed by atoms with Gasteiger partial charge in [-0.3, -0.25) is 9.69 Å². The lowest BCUT2D eigenvalue weighted by molar-refractivity contribution is -0.136. The summed E-state index contributed by atoms with van der Waals surface area (Å²) in [7, 11) is 1.46. The summed E-state index contributed by atoms with van der Waals surface area (Å²) in [6.45, 7) is 5.88. The molecule has 2 rings (SSSR count). The Morgan fingerprint density at radius 1 is 1.29 bits per heavy atom. The second kappa shape index (κ2) is 10.7. The van der Waals surface area contributed by atoms with E-state index in [4.69, 9.17) is 10.5 Å². The van der Waals surface area contributed by atoms with Gasteiger partial charge in [0.15, 0.2) is 11.6 Å². The molecule has 0 aliphatic carbocycles. The van der Waals surface area contributed by atoms with Crippen LogP contribution in [0, 0.1) is 11.7 Å². The molecule has 8 heteroatoms. The number of halogens is 3. The molecular formula is C16H26Cl2FN3O2. The number of nitrogens with zero attached hydrogens (tertiary/aromatic N) is 2. The fourth-order valence-electron chi connectivity index (χ4n) is 2.61. The minimum Gasteiger partial charge on any atom is -0.494 e. The zero-order valence-electron chi connectivity index (χ0n) is 14.0. The highest BCUT2D eigenvalue weighted by Crippen LogP contribution is 2.19. The molecule has 0 bridgehead atoms. The van der Waals surface area contributed by atoms with Gasteiger partial charge in [-0.15, -0.1) is 24.8 Å². The van der Waals surface area contributed by atoms with Crippen molar-refractivity contribution in [3.05, 3.63) is 29.6 Å². The molecule has 0 spiro atoms. The van der Waals surface area contributed by atoms with Gasteiger partial charge in [0.1, 0.15) is 0 Å². The number of ether oxygens (including phenoxy) is 1. The van der Waals surface area contributed by atoms with E-state index >= 15 is 0 Å². The zero-order chi connectivity index (χ0) is 16.1. The summed E-state index contributed by atoms with van der Waals surface area (Å²) in [5.41, 5.74) is 6.45. The Bertz CT molecular complexity index is 526. The van der Waals surface area contributed by atoms with Crippen molar-refractivity contribution < 1.29 is 13.9 Å². The van der Waals surface area contributed by atoms with Crippen LogP contribution in [-0.2, 0) is 11.3 Å². The Labute approximate surface area is 155 Å². The molecule has 0 saturated carbocycles. The van der Waals surface area contributed by atoms with Gasteiger partial charge >= 0.3 is 0 Å². The molecule has 1 aromatic carbocycles. The number of carbonyl (C=O) groups excluding carboxylic acids is 1. The van der Waals surface area contributed by atoms with Crippen molar-refractivity contribution in [1.82, 2.24) is 9.80 Å². The minimum atomic E-state index is -0.342. The first kappa shape index (κ1) is 22.9. The molecule has 1 fully saturated rings. The minimum absolute atomic E-state index is 0. The van der Waals surface area contributed by atoms with Gasteiger partial charge in [0, 0.05) is 45.2 Å². The molecule has 2 N–H and O–H groups in total. The van der Waals surface area contributed by atoms with Gasteiger partial charge in [-0.05, 0) is 17.7 Å². The summed E-state index contributed by atoms with van der Waals surface area (Å²) in [4.78, 5) is 16.2. The first-order chi connectivity index (χ1) is 10.5. The number of piperazine rings is 1. The molecule has 1 aromatic rings. The summed E-state index contributed by atoms with van der Waals surface area (Å²) in [5, 5.41) is 0. The van der Waals surface area contributed by atoms with E-state index in [1.165, 1.54) is 13.2 Å². The van der Waals surface area contributed by atoms with E-state index in [2.05, 4.69) is 4.90 Å². The van der Waals surface area contributed by atoms with Crippen LogP contribution in [0.2, 0.25) is 0 Å². The van der Waals surface area contributed by atoms with Crippen molar-refractivity contribution in [3.8, 4) is 5.75 Å². The zero-order valence-corrected chi connectivity index (χ0v) is 15.7. The van der Waals surface area contributed by atoms with Crippen LogP contribution in [0.4, 0.5) is 4.39 Å². The number of hydrogen-bond donors (Lipinski definition) is 1. The summed E-state index contributed by atoms with van der Waals surface area (Å²) in [5.74, 6) is -0.0830. The molecular weight excluding hydrogens is 356 g/mol. The molecule has 1 atom stereocenters. The van der Waals surface area contributed by atoms with E-state index < -0.39 is 0 Å². The van der Waals surface area contributed by atoms with E-state index in [-0.39, 0.29) is 48.2 Å². The summed E-state index contributed by atoms with van der Waals surface area (Å²) >= 11 is 0. The second-order valence-electron chi connectivity index (χ2n) is 5.71. The van der Waals surface area contributed by atoms with E-state index in [9.17, 15) is 9.18 Å². The average Bonchev–Trinajstić information content (AvgIpc) is 2.54. The maximum atomic E-state index is 13.7. The summed E-state index contributed by atoms with van der Waals surface area (Å²) in [6, 6.07) is 5.02. The van der Waals surface area contributed by atoms with Crippen LogP contribution in [0.25, 0.3) is 0 Å². The molecule has 1 aliphatic rings. The SMILES string of the molecule is COc1ccc(CN2CCN(C(=O)C(C)CN)CC2)cc1F.Cl.Cl. The quantitative estimate of drug-likeness (QED) is 0.846. The van der Waals surface area contributed by atoms with Crippen molar-refractivity contribution >= 4 is 30.7 Å². The van der Waals surface area contributed by atoms with Crippen LogP contribution in [0.5, 0.6) is 5.75 Å². The normalized spacial score (nSPS) is 15.9. The molecule has 24 heavy (non-hydrogen) atoms. The lowest BCUT2D eigenvalue weighted by Crippen LogP contribution is -2.50. The van der Waals surface area contributed by atoms with Gasteiger partial charge in [-0.2, -0.15) is 0 Å². The van der Waals surface area contributed by atoms with Crippen molar-refractivity contribution in [1.29, 1.82) is 0 Å². The third-order valence-corrected chi connectivity index (χ3v) is 4.08. The summed E-state index contributed by atoms with van der Waals surface area (Å²) < 4.78 is 18.6. The fourth-order valence-corrected chi connectivity index (χ4v) is 2.61. The maximum absolute atomic E-state index is 13.7. The molecule has 0 aromatic heterocycles. The summed E-state index contributed by atoms with van der Waals surface area (Å²) in [6.07, 6.45) is 0. The van der Waals surface area contributed by atoms with Gasteiger partial charge in [0.25, 0.3) is 0 Å². The molecule has 138 valence electrons. The molecule has 1 aliphatic heterocycles. The van der Waals surface area contributed by atoms with Crippen molar-refractivity contribution in [2.75, 3.05) is 39.8 Å². The van der Waals surface area contributed by atoms with Crippen LogP contribution in [0.1, 0.15) is 12.5 Å². The maximum Gasteiger partial charge on any atom is 0.226 e. The largest absolute Gasteiger partial charge is 0.494 e. The molecule has 5 nitrogen and oxygen atoms in total. The molecule has 1 heterocycles. The molecule has 1 unspecified atom stereocenters. The highest BCUT2D eigenvalue weighted by Gasteiger charge is 2.24. The van der Waals surface area contributed by atoms with Crippen molar-refractivity contribution in [2.24, 2.45) is 11.7 Å². The Morgan fingerprint density at radius 3 is 2.42 bits per heavy atom. The average molecular weight is 382 g/mol. The van der Waals surface area contributed by atoms with Crippen molar-refractivity contribution in [2.45, 2.75) is 13.5 Å². The highest BCUT2D eigenvalue weighted by molar-refractivity contribution is 5.85. The number of hydrogen-bond acceptors (Lipinski definition) is 4. The topological polar surface area (TPSA) is 58.8 Å². The van der Waals surface area contributed by atoms with Gasteiger partial charge in [0.2, 0.25) is 5.91 Å². The van der Waals surface area contributed by atoms with Gasteiger partial charge in [0.05, 0.1) is 7.11 Å². The number of amides is 1. The van der Waals surface area contributed by atoms with Crippen LogP contribution in [-0.4, -0.2) is 55.5 Å². The van der Waals surface area contributed by atoms with Crippen LogP contribution < -0.4 is 10.5 Å². The van der Waals surface area contributed by atoms with Crippen LogP contribution >= 0.6 is 24.8 Å². The smallest absolute Gasteiger partial charge is 0.226 e. The predicted octanol–water partition coefficient (Wildman–Crippen LogP) is 1.92. The molecule has 0 radical (unpaired) electrons. The Hall–Kier alpha value is -1.08. The Morgan fingerprint density at radius 2 is 1.92 bits per heavy atom. The van der Waals surface area contributed by atoms with E-state index in [0.29, 0.717) is 26.2 Å². The number of nitrogens with two attached hydrogens (primary N) is 1. The van der Waals surface area contributed by atoms with Gasteiger partial charge < -0.3 is 15.4 Å². The van der Waals surface area contributed by atoms with E-state index in [1.807, 2.05) is 17.9 Å². The number of benzene rings is 1. The Balaban J connectivity index is 0.00000264. The Kier molecular flexibility index (Phi) is 10.2. The van der Waals surface area contributed by atoms with Crippen molar-refractivity contribution in [3.63, 3.8) is 0 Å². The third kappa shape index (κ3) is 5.77. The van der Waals surface area contributed by atoms with E-state index in [1.54, 1.807) is 6.07 Å². The van der Waals surface area contributed by atoms with Gasteiger partial charge in [-0.25, -0.2) is 4.39 Å². The first-order valence-electron chi connectivity index (χ1n) is 7.58. The fraction of sp³-hybridized carbons (Fsp3) is 0.562. The first-order valence-corrected chi connectivity index (χ1v) is 7.58. The predicted molar refractivity (Wildman–Crippen MR) is 97.5 cm³/mol. The standard InChI is InChI=1S/C16H24FN3O2.2ClH/c1-12(10-18)16(21)20-7-5-19(6-8-20)11-13-3-4-15(22-2)14(17)9-13;;/h3-4,9,12H,5-8,10-11,18H2,1-2H3;2*1H. The number of rotatable bonds is 5. The lowest BCUT2D eigenvalue weighted by atomic mass is 10.1. The highest BCUT2D eigenvalue weighted by atomic mass is 35.5. The van der Waals surface area contributed by atoms with E-state index in [0.717, 1.165) is 18.7 Å². The lowest BCUT2D eigenvalue weighted by Gasteiger charge is -2.35. The third-order valence-electron chi connectivity index (χ3n) is 4.08. The molecule has 1 saturated heterocycles. The monoisotopic (exact) mass is 381 g/mol. The van der Waals surface area contributed by atoms with Gasteiger partial charge in [-0.1, -0.05) is 13.0 Å². The number of methoxy groups -OCH3 is 1. The second-order valence-corrected chi connectivity index (χ2v) is 5.71.